The average molecular weight is 359 g/mol. The fraction of sp³-hybridized carbons (Fsp3) is 0.263. The molecular formula is C19H19ClN2O3. The van der Waals surface area contributed by atoms with E-state index in [1.807, 2.05) is 24.3 Å². The van der Waals surface area contributed by atoms with Crippen molar-refractivity contribution in [2.45, 2.75) is 12.3 Å². The van der Waals surface area contributed by atoms with Crippen LogP contribution in [0.15, 0.2) is 42.5 Å². The number of anilines is 1. The quantitative estimate of drug-likeness (QED) is 0.860. The van der Waals surface area contributed by atoms with E-state index in [1.165, 1.54) is 7.11 Å². The van der Waals surface area contributed by atoms with Gasteiger partial charge in [0.25, 0.3) is 5.91 Å². The van der Waals surface area contributed by atoms with E-state index in [0.717, 1.165) is 12.0 Å². The fourth-order valence-electron chi connectivity index (χ4n) is 2.92. The van der Waals surface area contributed by atoms with Gasteiger partial charge < -0.3 is 15.4 Å². The van der Waals surface area contributed by atoms with E-state index in [9.17, 15) is 9.59 Å². The number of carbonyl (C=O) groups is 2. The number of carbonyl (C=O) groups excluding carboxylic acids is 2. The summed E-state index contributed by atoms with van der Waals surface area (Å²) in [7, 11) is 3.08. The van der Waals surface area contributed by atoms with E-state index in [2.05, 4.69) is 10.6 Å². The van der Waals surface area contributed by atoms with Crippen molar-refractivity contribution in [3.8, 4) is 5.75 Å². The Labute approximate surface area is 151 Å². The number of nitrogens with one attached hydrogen (secondary N) is 2. The molecular weight excluding hydrogens is 340 g/mol. The summed E-state index contributed by atoms with van der Waals surface area (Å²) in [6.07, 6.45) is 0.757. The molecule has 1 aliphatic carbocycles. The highest BCUT2D eigenvalue weighted by Gasteiger charge is 2.45. The SMILES string of the molecule is CNC(=O)c1ccc(OC)c(NC(=O)C2CC2c2ccccc2Cl)c1. The van der Waals surface area contributed by atoms with Crippen molar-refractivity contribution in [2.24, 2.45) is 5.92 Å². The van der Waals surface area contributed by atoms with Gasteiger partial charge >= 0.3 is 0 Å². The molecule has 0 heterocycles. The average Bonchev–Trinajstić information content (AvgIpc) is 3.42. The van der Waals surface area contributed by atoms with Crippen molar-refractivity contribution < 1.29 is 14.3 Å². The fourth-order valence-corrected chi connectivity index (χ4v) is 3.20. The van der Waals surface area contributed by atoms with Crippen LogP contribution in [0.5, 0.6) is 5.75 Å². The van der Waals surface area contributed by atoms with Crippen LogP contribution in [0.4, 0.5) is 5.69 Å². The largest absolute Gasteiger partial charge is 0.495 e. The van der Waals surface area contributed by atoms with Gasteiger partial charge in [0.15, 0.2) is 0 Å². The molecule has 1 aliphatic rings. The van der Waals surface area contributed by atoms with E-state index in [1.54, 1.807) is 25.2 Å². The number of hydrogen-bond donors (Lipinski definition) is 2. The molecule has 0 radical (unpaired) electrons. The standard InChI is InChI=1S/C19H19ClN2O3/c1-21-18(23)11-7-8-17(25-2)16(9-11)22-19(24)14-10-13(14)12-5-3-4-6-15(12)20/h3-9,13-14H,10H2,1-2H3,(H,21,23)(H,22,24). The lowest BCUT2D eigenvalue weighted by Gasteiger charge is -2.12. The molecule has 0 bridgehead atoms. The number of halogens is 1. The Morgan fingerprint density at radius 1 is 1.20 bits per heavy atom. The molecule has 0 saturated heterocycles. The Kier molecular flexibility index (Phi) is 4.95. The van der Waals surface area contributed by atoms with E-state index >= 15 is 0 Å². The summed E-state index contributed by atoms with van der Waals surface area (Å²) >= 11 is 6.21. The first-order chi connectivity index (χ1) is 12.0. The molecule has 25 heavy (non-hydrogen) atoms. The number of hydrogen-bond acceptors (Lipinski definition) is 3. The molecule has 5 nitrogen and oxygen atoms in total. The van der Waals surface area contributed by atoms with E-state index in [-0.39, 0.29) is 23.7 Å². The Balaban J connectivity index is 1.75. The lowest BCUT2D eigenvalue weighted by atomic mass is 10.1. The van der Waals surface area contributed by atoms with Crippen molar-refractivity contribution in [1.82, 2.24) is 5.32 Å². The van der Waals surface area contributed by atoms with Crippen LogP contribution in [-0.4, -0.2) is 26.0 Å². The Hall–Kier alpha value is -2.53. The summed E-state index contributed by atoms with van der Waals surface area (Å²) in [4.78, 5) is 24.4. The predicted molar refractivity (Wildman–Crippen MR) is 97.3 cm³/mol. The van der Waals surface area contributed by atoms with Crippen LogP contribution in [0.3, 0.4) is 0 Å². The van der Waals surface area contributed by atoms with E-state index in [4.69, 9.17) is 16.3 Å². The zero-order valence-electron chi connectivity index (χ0n) is 14.0. The van der Waals surface area contributed by atoms with Crippen LogP contribution in [0.25, 0.3) is 0 Å². The van der Waals surface area contributed by atoms with Crippen molar-refractivity contribution in [2.75, 3.05) is 19.5 Å². The Morgan fingerprint density at radius 3 is 2.64 bits per heavy atom. The maximum Gasteiger partial charge on any atom is 0.251 e. The molecule has 6 heteroatoms. The smallest absolute Gasteiger partial charge is 0.251 e. The van der Waals surface area contributed by atoms with Crippen LogP contribution in [0.2, 0.25) is 5.02 Å². The van der Waals surface area contributed by atoms with E-state index < -0.39 is 0 Å². The van der Waals surface area contributed by atoms with Crippen molar-refractivity contribution in [1.29, 1.82) is 0 Å². The van der Waals surface area contributed by atoms with Crippen molar-refractivity contribution >= 4 is 29.1 Å². The number of rotatable bonds is 5. The lowest BCUT2D eigenvalue weighted by Crippen LogP contribution is -2.19. The number of benzene rings is 2. The molecule has 0 aromatic heterocycles. The summed E-state index contributed by atoms with van der Waals surface area (Å²) in [6.45, 7) is 0. The van der Waals surface area contributed by atoms with Crippen molar-refractivity contribution in [3.05, 3.63) is 58.6 Å². The van der Waals surface area contributed by atoms with Gasteiger partial charge in [-0.3, -0.25) is 9.59 Å². The molecule has 0 aliphatic heterocycles. The monoisotopic (exact) mass is 358 g/mol. The highest BCUT2D eigenvalue weighted by Crippen LogP contribution is 2.50. The molecule has 3 rings (SSSR count). The second-order valence-corrected chi connectivity index (χ2v) is 6.36. The molecule has 2 aromatic rings. The van der Waals surface area contributed by atoms with Gasteiger partial charge in [-0.25, -0.2) is 0 Å². The zero-order valence-corrected chi connectivity index (χ0v) is 14.8. The minimum atomic E-state index is -0.224. The first-order valence-corrected chi connectivity index (χ1v) is 8.38. The van der Waals surface area contributed by atoms with Gasteiger partial charge in [0.1, 0.15) is 5.75 Å². The number of ether oxygens (including phenoxy) is 1. The summed E-state index contributed by atoms with van der Waals surface area (Å²) in [5.41, 5.74) is 1.94. The first kappa shape index (κ1) is 17.3. The van der Waals surface area contributed by atoms with Gasteiger partial charge in [0.05, 0.1) is 12.8 Å². The Morgan fingerprint density at radius 2 is 1.96 bits per heavy atom. The van der Waals surface area contributed by atoms with Crippen LogP contribution in [-0.2, 0) is 4.79 Å². The maximum atomic E-state index is 12.6. The summed E-state index contributed by atoms with van der Waals surface area (Å²) in [5.74, 6) is 0.182. The second kappa shape index (κ2) is 7.15. The summed E-state index contributed by atoms with van der Waals surface area (Å²) < 4.78 is 5.28. The topological polar surface area (TPSA) is 67.4 Å². The van der Waals surface area contributed by atoms with Crippen LogP contribution < -0.4 is 15.4 Å². The molecule has 2 amide bonds. The number of amides is 2. The normalized spacial score (nSPS) is 18.4. The molecule has 2 atom stereocenters. The van der Waals surface area contributed by atoms with Crippen molar-refractivity contribution in [3.63, 3.8) is 0 Å². The molecule has 2 N–H and O–H groups in total. The van der Waals surface area contributed by atoms with Gasteiger partial charge in [0, 0.05) is 23.6 Å². The third-order valence-corrected chi connectivity index (χ3v) is 4.72. The van der Waals surface area contributed by atoms with Gasteiger partial charge in [-0.05, 0) is 42.2 Å². The highest BCUT2D eigenvalue weighted by atomic mass is 35.5. The zero-order chi connectivity index (χ0) is 18.0. The molecule has 2 unspecified atom stereocenters. The van der Waals surface area contributed by atoms with Crippen LogP contribution >= 0.6 is 11.6 Å². The molecule has 1 fully saturated rings. The lowest BCUT2D eigenvalue weighted by molar-refractivity contribution is -0.117. The molecule has 0 spiro atoms. The molecule has 1 saturated carbocycles. The third kappa shape index (κ3) is 3.61. The van der Waals surface area contributed by atoms with Gasteiger partial charge in [-0.15, -0.1) is 0 Å². The third-order valence-electron chi connectivity index (χ3n) is 4.38. The minimum absolute atomic E-state index is 0.0997. The van der Waals surface area contributed by atoms with Crippen LogP contribution in [0, 0.1) is 5.92 Å². The molecule has 2 aromatic carbocycles. The van der Waals surface area contributed by atoms with Crippen LogP contribution in [0.1, 0.15) is 28.3 Å². The minimum Gasteiger partial charge on any atom is -0.495 e. The predicted octanol–water partition coefficient (Wildman–Crippen LogP) is 3.45. The highest BCUT2D eigenvalue weighted by molar-refractivity contribution is 6.31. The van der Waals surface area contributed by atoms with Gasteiger partial charge in [0.2, 0.25) is 5.91 Å². The second-order valence-electron chi connectivity index (χ2n) is 5.95. The number of methoxy groups -OCH3 is 1. The maximum absolute atomic E-state index is 12.6. The summed E-state index contributed by atoms with van der Waals surface area (Å²) in [5, 5.41) is 6.12. The molecule has 130 valence electrons. The van der Waals surface area contributed by atoms with Gasteiger partial charge in [-0.1, -0.05) is 29.8 Å². The summed E-state index contributed by atoms with van der Waals surface area (Å²) in [6, 6.07) is 12.5. The Bertz CT molecular complexity index is 822. The van der Waals surface area contributed by atoms with Gasteiger partial charge in [-0.2, -0.15) is 0 Å². The first-order valence-electron chi connectivity index (χ1n) is 8.00. The van der Waals surface area contributed by atoms with E-state index in [0.29, 0.717) is 22.0 Å².